The number of hydrogen-bond acceptors (Lipinski definition) is 6. The van der Waals surface area contributed by atoms with Gasteiger partial charge in [-0.05, 0) is 24.3 Å². The number of esters is 1. The lowest BCUT2D eigenvalue weighted by Gasteiger charge is -2.13. The SMILES string of the molecule is COC(=O)CC1(CSc2nccc(C(=O)O)c2N)CC1. The molecule has 1 aliphatic rings. The molecule has 108 valence electrons. The van der Waals surface area contributed by atoms with Crippen LogP contribution in [0.5, 0.6) is 0 Å². The van der Waals surface area contributed by atoms with Crippen molar-refractivity contribution in [2.45, 2.75) is 24.3 Å². The van der Waals surface area contributed by atoms with Crippen LogP contribution < -0.4 is 5.73 Å². The van der Waals surface area contributed by atoms with Gasteiger partial charge in [-0.15, -0.1) is 11.8 Å². The third kappa shape index (κ3) is 3.22. The molecule has 20 heavy (non-hydrogen) atoms. The average molecular weight is 296 g/mol. The number of pyridine rings is 1. The fourth-order valence-corrected chi connectivity index (χ4v) is 3.14. The molecule has 0 amide bonds. The molecular formula is C13H16N2O4S. The van der Waals surface area contributed by atoms with Gasteiger partial charge in [0.1, 0.15) is 5.03 Å². The van der Waals surface area contributed by atoms with E-state index in [1.54, 1.807) is 0 Å². The second-order valence-electron chi connectivity index (χ2n) is 4.92. The van der Waals surface area contributed by atoms with Crippen LogP contribution in [0.1, 0.15) is 29.6 Å². The molecule has 1 aliphatic carbocycles. The van der Waals surface area contributed by atoms with Crippen LogP contribution in [0.2, 0.25) is 0 Å². The molecule has 0 unspecified atom stereocenters. The lowest BCUT2D eigenvalue weighted by Crippen LogP contribution is -2.13. The summed E-state index contributed by atoms with van der Waals surface area (Å²) in [6, 6.07) is 1.38. The number of nitrogens with zero attached hydrogens (tertiary/aromatic N) is 1. The molecule has 2 rings (SSSR count). The van der Waals surface area contributed by atoms with Gasteiger partial charge in [-0.25, -0.2) is 9.78 Å². The molecule has 1 aromatic rings. The van der Waals surface area contributed by atoms with Crippen LogP contribution in [0.25, 0.3) is 0 Å². The Bertz CT molecular complexity index is 543. The highest BCUT2D eigenvalue weighted by molar-refractivity contribution is 7.99. The van der Waals surface area contributed by atoms with E-state index in [0.717, 1.165) is 12.8 Å². The lowest BCUT2D eigenvalue weighted by atomic mass is 10.1. The lowest BCUT2D eigenvalue weighted by molar-refractivity contribution is -0.141. The van der Waals surface area contributed by atoms with Gasteiger partial charge in [-0.1, -0.05) is 0 Å². The number of methoxy groups -OCH3 is 1. The molecule has 0 aromatic carbocycles. The van der Waals surface area contributed by atoms with E-state index in [1.165, 1.54) is 31.1 Å². The van der Waals surface area contributed by atoms with Crippen LogP contribution in [0.3, 0.4) is 0 Å². The third-order valence-electron chi connectivity index (χ3n) is 3.40. The van der Waals surface area contributed by atoms with E-state index >= 15 is 0 Å². The average Bonchev–Trinajstić information content (AvgIpc) is 3.17. The van der Waals surface area contributed by atoms with Gasteiger partial charge in [0, 0.05) is 11.9 Å². The summed E-state index contributed by atoms with van der Waals surface area (Å²) in [6.45, 7) is 0. The maximum absolute atomic E-state index is 11.3. The molecule has 0 radical (unpaired) electrons. The Kier molecular flexibility index (Phi) is 4.17. The number of carboxylic acid groups (broad SMARTS) is 1. The third-order valence-corrected chi connectivity index (χ3v) is 4.76. The van der Waals surface area contributed by atoms with E-state index in [4.69, 9.17) is 10.8 Å². The number of aromatic nitrogens is 1. The van der Waals surface area contributed by atoms with Gasteiger partial charge in [0.2, 0.25) is 0 Å². The van der Waals surface area contributed by atoms with Crippen LogP contribution in [0, 0.1) is 5.41 Å². The number of thioether (sulfide) groups is 1. The van der Waals surface area contributed by atoms with E-state index in [9.17, 15) is 9.59 Å². The van der Waals surface area contributed by atoms with Crippen molar-refractivity contribution in [3.63, 3.8) is 0 Å². The molecule has 6 nitrogen and oxygen atoms in total. The van der Waals surface area contributed by atoms with Crippen molar-refractivity contribution in [3.05, 3.63) is 17.8 Å². The minimum absolute atomic E-state index is 0.0505. The Labute approximate surface area is 120 Å². The van der Waals surface area contributed by atoms with Crippen molar-refractivity contribution in [1.82, 2.24) is 4.98 Å². The summed E-state index contributed by atoms with van der Waals surface area (Å²) in [5.41, 5.74) is 5.99. The number of carbonyl (C=O) groups excluding carboxylic acids is 1. The summed E-state index contributed by atoms with van der Waals surface area (Å²) < 4.78 is 4.69. The van der Waals surface area contributed by atoms with Crippen molar-refractivity contribution in [1.29, 1.82) is 0 Å². The van der Waals surface area contributed by atoms with Crippen molar-refractivity contribution >= 4 is 29.4 Å². The fourth-order valence-electron chi connectivity index (χ4n) is 1.90. The molecule has 0 saturated heterocycles. The summed E-state index contributed by atoms with van der Waals surface area (Å²) in [4.78, 5) is 26.4. The fraction of sp³-hybridized carbons (Fsp3) is 0.462. The quantitative estimate of drug-likeness (QED) is 0.609. The molecule has 0 bridgehead atoms. The zero-order valence-corrected chi connectivity index (χ0v) is 11.9. The van der Waals surface area contributed by atoms with Crippen LogP contribution in [0.4, 0.5) is 5.69 Å². The molecule has 1 fully saturated rings. The number of carbonyl (C=O) groups is 2. The van der Waals surface area contributed by atoms with Crippen LogP contribution in [-0.4, -0.2) is 34.9 Å². The molecule has 0 spiro atoms. The van der Waals surface area contributed by atoms with E-state index in [2.05, 4.69) is 9.72 Å². The van der Waals surface area contributed by atoms with Crippen LogP contribution in [-0.2, 0) is 9.53 Å². The van der Waals surface area contributed by atoms with Crippen LogP contribution >= 0.6 is 11.8 Å². The van der Waals surface area contributed by atoms with Gasteiger partial charge in [0.25, 0.3) is 0 Å². The predicted octanol–water partition coefficient (Wildman–Crippen LogP) is 1.80. The zero-order valence-electron chi connectivity index (χ0n) is 11.1. The topological polar surface area (TPSA) is 103 Å². The van der Waals surface area contributed by atoms with E-state index in [-0.39, 0.29) is 22.6 Å². The molecule has 7 heteroatoms. The highest BCUT2D eigenvalue weighted by Gasteiger charge is 2.44. The number of carboxylic acids is 1. The van der Waals surface area contributed by atoms with Gasteiger partial charge in [-0.2, -0.15) is 0 Å². The maximum Gasteiger partial charge on any atom is 0.337 e. The summed E-state index contributed by atoms with van der Waals surface area (Å²) in [7, 11) is 1.38. The van der Waals surface area contributed by atoms with Gasteiger partial charge in [-0.3, -0.25) is 4.79 Å². The minimum Gasteiger partial charge on any atom is -0.478 e. The largest absolute Gasteiger partial charge is 0.478 e. The standard InChI is InChI=1S/C13H16N2O4S/c1-19-9(16)6-13(3-4-13)7-20-11-10(14)8(12(17)18)2-5-15-11/h2,5H,3-4,6-7,14H2,1H3,(H,17,18). The molecule has 1 heterocycles. The number of nitrogens with two attached hydrogens (primary N) is 1. The number of aromatic carboxylic acids is 1. The first-order valence-corrected chi connectivity index (χ1v) is 7.13. The minimum atomic E-state index is -1.07. The predicted molar refractivity (Wildman–Crippen MR) is 74.6 cm³/mol. The van der Waals surface area contributed by atoms with E-state index in [1.807, 2.05) is 0 Å². The Hall–Kier alpha value is -1.76. The van der Waals surface area contributed by atoms with Gasteiger partial charge >= 0.3 is 11.9 Å². The Morgan fingerprint density at radius 3 is 2.80 bits per heavy atom. The summed E-state index contributed by atoms with van der Waals surface area (Å²) in [5.74, 6) is -0.603. The number of rotatable bonds is 6. The van der Waals surface area contributed by atoms with Crippen molar-refractivity contribution in [2.24, 2.45) is 5.41 Å². The molecule has 0 atom stereocenters. The Balaban J connectivity index is 2.03. The highest BCUT2D eigenvalue weighted by atomic mass is 32.2. The Morgan fingerprint density at radius 2 is 2.25 bits per heavy atom. The van der Waals surface area contributed by atoms with Crippen LogP contribution in [0.15, 0.2) is 17.3 Å². The molecule has 0 aliphatic heterocycles. The first-order valence-electron chi connectivity index (χ1n) is 6.15. The summed E-state index contributed by atoms with van der Waals surface area (Å²) in [6.07, 6.45) is 3.75. The first kappa shape index (κ1) is 14.6. The monoisotopic (exact) mass is 296 g/mol. The second kappa shape index (κ2) is 5.70. The molecular weight excluding hydrogens is 280 g/mol. The summed E-state index contributed by atoms with van der Waals surface area (Å²) >= 11 is 1.39. The first-order chi connectivity index (χ1) is 9.47. The molecule has 1 saturated carbocycles. The van der Waals surface area contributed by atoms with Crippen molar-refractivity contribution < 1.29 is 19.4 Å². The molecule has 1 aromatic heterocycles. The number of nitrogen functional groups attached to an aromatic ring is 1. The van der Waals surface area contributed by atoms with Gasteiger partial charge in [0.15, 0.2) is 0 Å². The smallest absolute Gasteiger partial charge is 0.337 e. The normalized spacial score (nSPS) is 15.7. The van der Waals surface area contributed by atoms with E-state index in [0.29, 0.717) is 17.2 Å². The zero-order chi connectivity index (χ0) is 14.8. The number of ether oxygens (including phenoxy) is 1. The number of anilines is 1. The van der Waals surface area contributed by atoms with Gasteiger partial charge < -0.3 is 15.6 Å². The highest BCUT2D eigenvalue weighted by Crippen LogP contribution is 2.52. The Morgan fingerprint density at radius 1 is 1.55 bits per heavy atom. The summed E-state index contributed by atoms with van der Waals surface area (Å²) in [5, 5.41) is 9.50. The maximum atomic E-state index is 11.3. The molecule has 3 N–H and O–H groups in total. The second-order valence-corrected chi connectivity index (χ2v) is 5.89. The van der Waals surface area contributed by atoms with Crippen molar-refractivity contribution in [3.8, 4) is 0 Å². The number of hydrogen-bond donors (Lipinski definition) is 2. The van der Waals surface area contributed by atoms with Gasteiger partial charge in [0.05, 0.1) is 24.8 Å². The van der Waals surface area contributed by atoms with E-state index < -0.39 is 5.97 Å². The van der Waals surface area contributed by atoms with Crippen molar-refractivity contribution in [2.75, 3.05) is 18.6 Å².